The van der Waals surface area contributed by atoms with Crippen LogP contribution in [-0.4, -0.2) is 33.3 Å². The van der Waals surface area contributed by atoms with Gasteiger partial charge in [0, 0.05) is 12.7 Å². The van der Waals surface area contributed by atoms with Gasteiger partial charge in [-0.15, -0.1) is 0 Å². The maximum atomic E-state index is 5.62. The van der Waals surface area contributed by atoms with Gasteiger partial charge in [-0.3, -0.25) is 0 Å². The van der Waals surface area contributed by atoms with Gasteiger partial charge in [0.25, 0.3) is 0 Å². The van der Waals surface area contributed by atoms with Gasteiger partial charge in [-0.25, -0.2) is 0 Å². The van der Waals surface area contributed by atoms with E-state index in [2.05, 4.69) is 5.10 Å². The fourth-order valence-corrected chi connectivity index (χ4v) is 1.49. The third-order valence-corrected chi connectivity index (χ3v) is 2.64. The van der Waals surface area contributed by atoms with Crippen LogP contribution in [0.3, 0.4) is 0 Å². The standard InChI is InChI=1S/C13H20N2O3/c1-10-4-5-12(8-15-14)13(11(10)2)18-9-17-7-6-16-3/h4-5,8H,6-7,9,14H2,1-3H3/b15-8+. The zero-order valence-corrected chi connectivity index (χ0v) is 11.1. The Morgan fingerprint density at radius 1 is 1.28 bits per heavy atom. The Kier molecular flexibility index (Phi) is 6.18. The van der Waals surface area contributed by atoms with Crippen molar-refractivity contribution in [2.24, 2.45) is 10.9 Å². The molecular weight excluding hydrogens is 232 g/mol. The molecule has 0 aliphatic heterocycles. The normalized spacial score (nSPS) is 11.1. The van der Waals surface area contributed by atoms with Gasteiger partial charge in [0.1, 0.15) is 5.75 Å². The Bertz CT molecular complexity index is 405. The molecular formula is C13H20N2O3. The third kappa shape index (κ3) is 4.01. The Balaban J connectivity index is 2.69. The molecule has 5 heteroatoms. The molecule has 0 aliphatic carbocycles. The lowest BCUT2D eigenvalue weighted by atomic mass is 10.1. The lowest BCUT2D eigenvalue weighted by Crippen LogP contribution is -2.10. The maximum absolute atomic E-state index is 5.62. The van der Waals surface area contributed by atoms with Crippen LogP contribution < -0.4 is 10.6 Å². The second kappa shape index (κ2) is 7.68. The molecule has 0 spiro atoms. The summed E-state index contributed by atoms with van der Waals surface area (Å²) in [6.45, 7) is 5.25. The Hall–Kier alpha value is -1.59. The van der Waals surface area contributed by atoms with Crippen LogP contribution >= 0.6 is 0 Å². The lowest BCUT2D eigenvalue weighted by molar-refractivity contribution is -0.00883. The highest BCUT2D eigenvalue weighted by molar-refractivity contribution is 5.84. The molecule has 0 radical (unpaired) electrons. The summed E-state index contributed by atoms with van der Waals surface area (Å²) in [6, 6.07) is 3.92. The van der Waals surface area contributed by atoms with Gasteiger partial charge < -0.3 is 20.1 Å². The van der Waals surface area contributed by atoms with Crippen molar-refractivity contribution in [1.29, 1.82) is 0 Å². The summed E-state index contributed by atoms with van der Waals surface area (Å²) < 4.78 is 15.8. The number of ether oxygens (including phenoxy) is 3. The van der Waals surface area contributed by atoms with Crippen molar-refractivity contribution in [3.05, 3.63) is 28.8 Å². The number of nitrogens with two attached hydrogens (primary N) is 1. The Morgan fingerprint density at radius 3 is 2.72 bits per heavy atom. The minimum Gasteiger partial charge on any atom is -0.467 e. The van der Waals surface area contributed by atoms with Gasteiger partial charge >= 0.3 is 0 Å². The summed E-state index contributed by atoms with van der Waals surface area (Å²) in [6.07, 6.45) is 1.57. The lowest BCUT2D eigenvalue weighted by Gasteiger charge is -2.13. The average molecular weight is 252 g/mol. The quantitative estimate of drug-likeness (QED) is 0.263. The largest absolute Gasteiger partial charge is 0.467 e. The number of benzene rings is 1. The molecule has 2 N–H and O–H groups in total. The summed E-state index contributed by atoms with van der Waals surface area (Å²) in [7, 11) is 1.63. The van der Waals surface area contributed by atoms with E-state index in [0.29, 0.717) is 13.2 Å². The fourth-order valence-electron chi connectivity index (χ4n) is 1.49. The number of hydrogen-bond acceptors (Lipinski definition) is 5. The molecule has 0 saturated heterocycles. The first kappa shape index (κ1) is 14.5. The van der Waals surface area contributed by atoms with E-state index >= 15 is 0 Å². The molecule has 0 aliphatic rings. The van der Waals surface area contributed by atoms with E-state index in [1.54, 1.807) is 13.3 Å². The minimum atomic E-state index is 0.180. The Labute approximate surface area is 108 Å². The van der Waals surface area contributed by atoms with Crippen molar-refractivity contribution in [2.45, 2.75) is 13.8 Å². The van der Waals surface area contributed by atoms with Gasteiger partial charge in [0.2, 0.25) is 0 Å². The summed E-state index contributed by atoms with van der Waals surface area (Å²) in [4.78, 5) is 0. The van der Waals surface area contributed by atoms with Crippen molar-refractivity contribution in [2.75, 3.05) is 27.1 Å². The SMILES string of the molecule is COCCOCOc1c(/C=N/N)ccc(C)c1C. The summed E-state index contributed by atoms with van der Waals surface area (Å²) >= 11 is 0. The predicted octanol–water partition coefficient (Wildman–Crippen LogP) is 1.60. The molecule has 0 unspecified atom stereocenters. The predicted molar refractivity (Wildman–Crippen MR) is 71.0 cm³/mol. The van der Waals surface area contributed by atoms with Crippen molar-refractivity contribution in [1.82, 2.24) is 0 Å². The highest BCUT2D eigenvalue weighted by Crippen LogP contribution is 2.25. The highest BCUT2D eigenvalue weighted by atomic mass is 16.7. The molecule has 1 aromatic rings. The van der Waals surface area contributed by atoms with Gasteiger partial charge in [-0.1, -0.05) is 6.07 Å². The van der Waals surface area contributed by atoms with E-state index in [4.69, 9.17) is 20.1 Å². The molecule has 100 valence electrons. The van der Waals surface area contributed by atoms with Crippen LogP contribution in [0.15, 0.2) is 17.2 Å². The van der Waals surface area contributed by atoms with Crippen LogP contribution in [0.5, 0.6) is 5.75 Å². The summed E-state index contributed by atoms with van der Waals surface area (Å²) in [5.74, 6) is 5.93. The van der Waals surface area contributed by atoms with Crippen LogP contribution in [0, 0.1) is 13.8 Å². The van der Waals surface area contributed by atoms with Crippen LogP contribution in [-0.2, 0) is 9.47 Å². The van der Waals surface area contributed by atoms with Crippen LogP contribution in [0.25, 0.3) is 0 Å². The second-order valence-electron chi connectivity index (χ2n) is 3.87. The number of aryl methyl sites for hydroxylation is 1. The monoisotopic (exact) mass is 252 g/mol. The van der Waals surface area contributed by atoms with Crippen LogP contribution in [0.1, 0.15) is 16.7 Å². The van der Waals surface area contributed by atoms with Crippen molar-refractivity contribution < 1.29 is 14.2 Å². The molecule has 5 nitrogen and oxygen atoms in total. The number of hydrazone groups is 1. The molecule has 1 aromatic carbocycles. The zero-order valence-electron chi connectivity index (χ0n) is 11.1. The highest BCUT2D eigenvalue weighted by Gasteiger charge is 2.08. The molecule has 0 saturated carbocycles. The molecule has 0 amide bonds. The smallest absolute Gasteiger partial charge is 0.189 e. The van der Waals surface area contributed by atoms with Crippen molar-refractivity contribution in [3.63, 3.8) is 0 Å². The minimum absolute atomic E-state index is 0.180. The van der Waals surface area contributed by atoms with Crippen molar-refractivity contribution in [3.8, 4) is 5.75 Å². The average Bonchev–Trinajstić information content (AvgIpc) is 2.37. The molecule has 18 heavy (non-hydrogen) atoms. The number of nitrogens with zero attached hydrogens (tertiary/aromatic N) is 1. The van der Waals surface area contributed by atoms with Gasteiger partial charge in [-0.2, -0.15) is 5.10 Å². The molecule has 0 heterocycles. The van der Waals surface area contributed by atoms with Gasteiger partial charge in [-0.05, 0) is 31.0 Å². The zero-order chi connectivity index (χ0) is 13.4. The molecule has 1 rings (SSSR count). The van der Waals surface area contributed by atoms with Crippen LogP contribution in [0.2, 0.25) is 0 Å². The Morgan fingerprint density at radius 2 is 2.06 bits per heavy atom. The second-order valence-corrected chi connectivity index (χ2v) is 3.87. The van der Waals surface area contributed by atoms with E-state index in [0.717, 1.165) is 22.4 Å². The van der Waals surface area contributed by atoms with Crippen molar-refractivity contribution >= 4 is 6.21 Å². The van der Waals surface area contributed by atoms with Gasteiger partial charge in [0.15, 0.2) is 6.79 Å². The first-order chi connectivity index (χ1) is 8.70. The topological polar surface area (TPSA) is 66.1 Å². The summed E-state index contributed by atoms with van der Waals surface area (Å²) in [5, 5.41) is 3.53. The first-order valence-corrected chi connectivity index (χ1v) is 5.73. The van der Waals surface area contributed by atoms with E-state index < -0.39 is 0 Å². The van der Waals surface area contributed by atoms with E-state index in [1.165, 1.54) is 0 Å². The van der Waals surface area contributed by atoms with E-state index in [-0.39, 0.29) is 6.79 Å². The van der Waals surface area contributed by atoms with E-state index in [9.17, 15) is 0 Å². The first-order valence-electron chi connectivity index (χ1n) is 5.73. The molecule has 0 fully saturated rings. The number of rotatable bonds is 7. The molecule has 0 bridgehead atoms. The third-order valence-electron chi connectivity index (χ3n) is 2.64. The van der Waals surface area contributed by atoms with E-state index in [1.807, 2.05) is 26.0 Å². The van der Waals surface area contributed by atoms with Gasteiger partial charge in [0.05, 0.1) is 19.4 Å². The number of methoxy groups -OCH3 is 1. The summed E-state index contributed by atoms with van der Waals surface area (Å²) in [5.41, 5.74) is 3.05. The molecule has 0 atom stereocenters. The number of hydrogen-bond donors (Lipinski definition) is 1. The molecule has 0 aromatic heterocycles. The fraction of sp³-hybridized carbons (Fsp3) is 0.462. The van der Waals surface area contributed by atoms with Crippen LogP contribution in [0.4, 0.5) is 0 Å². The maximum Gasteiger partial charge on any atom is 0.189 e.